The summed E-state index contributed by atoms with van der Waals surface area (Å²) < 4.78 is 17.0. The fraction of sp³-hybridized carbons (Fsp3) is 0.346. The van der Waals surface area contributed by atoms with E-state index in [1.807, 2.05) is 36.4 Å². The van der Waals surface area contributed by atoms with Gasteiger partial charge in [0.2, 0.25) is 0 Å². The lowest BCUT2D eigenvalue weighted by Gasteiger charge is -2.15. The number of methoxy groups -OCH3 is 1. The van der Waals surface area contributed by atoms with Gasteiger partial charge in [0.05, 0.1) is 18.7 Å². The van der Waals surface area contributed by atoms with Crippen LogP contribution in [0.5, 0.6) is 11.5 Å². The number of aromatic nitrogens is 2. The van der Waals surface area contributed by atoms with Crippen molar-refractivity contribution in [2.24, 2.45) is 0 Å². The van der Waals surface area contributed by atoms with Crippen LogP contribution in [0.25, 0.3) is 10.9 Å². The second-order valence-electron chi connectivity index (χ2n) is 7.32. The number of unbranched alkanes of at least 4 members (excludes halogenated alkanes) is 3. The van der Waals surface area contributed by atoms with Gasteiger partial charge in [-0.15, -0.1) is 6.42 Å². The molecule has 0 saturated carbocycles. The van der Waals surface area contributed by atoms with E-state index in [0.717, 1.165) is 47.7 Å². The van der Waals surface area contributed by atoms with E-state index in [0.29, 0.717) is 43.6 Å². The van der Waals surface area contributed by atoms with Crippen molar-refractivity contribution in [2.75, 3.05) is 39.3 Å². The first-order valence-corrected chi connectivity index (χ1v) is 11.3. The highest BCUT2D eigenvalue weighted by Gasteiger charge is 2.13. The Morgan fingerprint density at radius 2 is 1.83 bits per heavy atom. The van der Waals surface area contributed by atoms with Gasteiger partial charge in [-0.05, 0) is 43.5 Å². The number of nitrogens with one attached hydrogen (secondary N) is 2. The minimum Gasteiger partial charge on any atom is -0.490 e. The van der Waals surface area contributed by atoms with Gasteiger partial charge in [-0.25, -0.2) is 15.4 Å². The molecule has 0 amide bonds. The van der Waals surface area contributed by atoms with Gasteiger partial charge in [0.25, 0.3) is 0 Å². The van der Waals surface area contributed by atoms with Crippen LogP contribution < -0.4 is 20.3 Å². The number of ether oxygens (including phenoxy) is 3. The summed E-state index contributed by atoms with van der Waals surface area (Å²) in [6.07, 6.45) is 11.2. The van der Waals surface area contributed by atoms with Crippen molar-refractivity contribution in [2.45, 2.75) is 25.7 Å². The number of fused-ring (bicyclic) bond motifs is 1. The van der Waals surface area contributed by atoms with E-state index < -0.39 is 0 Å². The smallest absolute Gasteiger partial charge is 0.163 e. The Bertz CT molecular complexity index is 1100. The lowest BCUT2D eigenvalue weighted by atomic mass is 10.2. The molecular weight excluding hydrogens is 448 g/mol. The summed E-state index contributed by atoms with van der Waals surface area (Å²) in [5.41, 5.74) is 4.09. The van der Waals surface area contributed by atoms with E-state index >= 15 is 0 Å². The van der Waals surface area contributed by atoms with E-state index in [9.17, 15) is 4.79 Å². The Hall–Kier alpha value is -3.71. The zero-order chi connectivity index (χ0) is 25.3. The van der Waals surface area contributed by atoms with Gasteiger partial charge in [-0.1, -0.05) is 12.0 Å². The monoisotopic (exact) mass is 480 g/mol. The lowest BCUT2D eigenvalue weighted by Crippen LogP contribution is -2.07. The highest BCUT2D eigenvalue weighted by Crippen LogP contribution is 2.35. The molecule has 0 spiro atoms. The van der Waals surface area contributed by atoms with Crippen LogP contribution in [0, 0.1) is 12.3 Å². The second kappa shape index (κ2) is 16.0. The Morgan fingerprint density at radius 1 is 1.06 bits per heavy atom. The summed E-state index contributed by atoms with van der Waals surface area (Å²) in [6, 6.07) is 11.3. The summed E-state index contributed by atoms with van der Waals surface area (Å²) in [7, 11) is 3.06. The maximum atomic E-state index is 10.4. The number of terminal acetylenes is 1. The molecule has 186 valence electrons. The van der Waals surface area contributed by atoms with Crippen LogP contribution in [0.2, 0.25) is 0 Å². The van der Waals surface area contributed by atoms with Crippen molar-refractivity contribution in [3.05, 3.63) is 48.3 Å². The Labute approximate surface area is 205 Å². The van der Waals surface area contributed by atoms with Gasteiger partial charge in [0.1, 0.15) is 25.0 Å². The molecule has 3 rings (SSSR count). The van der Waals surface area contributed by atoms with Gasteiger partial charge in [-0.3, -0.25) is 0 Å². The molecule has 9 nitrogen and oxygen atoms in total. The average Bonchev–Trinajstić information content (AvgIpc) is 2.87. The average molecular weight is 481 g/mol. The number of hydrogen-bond acceptors (Lipinski definition) is 9. The number of hydrogen-bond donors (Lipinski definition) is 3. The summed E-state index contributed by atoms with van der Waals surface area (Å²) in [5.74, 6) is 4.48. The molecule has 1 aromatic heterocycles. The van der Waals surface area contributed by atoms with Crippen LogP contribution in [0.3, 0.4) is 0 Å². The number of aldehydes is 1. The van der Waals surface area contributed by atoms with Crippen molar-refractivity contribution in [3.8, 4) is 23.8 Å². The molecule has 9 heteroatoms. The molecule has 0 aliphatic carbocycles. The molecule has 3 N–H and O–H groups in total. The maximum Gasteiger partial charge on any atom is 0.163 e. The minimum atomic E-state index is 0.387. The molecule has 3 aromatic rings. The van der Waals surface area contributed by atoms with Crippen LogP contribution in [-0.4, -0.2) is 55.4 Å². The van der Waals surface area contributed by atoms with E-state index in [-0.39, 0.29) is 0 Å². The van der Waals surface area contributed by atoms with Gasteiger partial charge < -0.3 is 29.5 Å². The summed E-state index contributed by atoms with van der Waals surface area (Å²) >= 11 is 0. The molecule has 0 fully saturated rings. The van der Waals surface area contributed by atoms with Crippen molar-refractivity contribution in [3.63, 3.8) is 0 Å². The van der Waals surface area contributed by atoms with Crippen LogP contribution in [0.15, 0.2) is 42.7 Å². The molecule has 0 unspecified atom stereocenters. The van der Waals surface area contributed by atoms with E-state index in [1.165, 1.54) is 13.4 Å². The number of anilines is 2. The number of carbonyl (C=O) groups excluding carboxylic acids is 1. The van der Waals surface area contributed by atoms with E-state index in [2.05, 4.69) is 21.2 Å². The third-order valence-corrected chi connectivity index (χ3v) is 4.76. The molecule has 35 heavy (non-hydrogen) atoms. The van der Waals surface area contributed by atoms with E-state index in [4.69, 9.17) is 25.8 Å². The maximum absolute atomic E-state index is 10.4. The van der Waals surface area contributed by atoms with Gasteiger partial charge in [0.15, 0.2) is 11.5 Å². The van der Waals surface area contributed by atoms with Crippen molar-refractivity contribution in [1.29, 1.82) is 0 Å². The Morgan fingerprint density at radius 3 is 2.57 bits per heavy atom. The number of hydroxylamine groups is 1. The molecule has 0 aliphatic rings. The van der Waals surface area contributed by atoms with Gasteiger partial charge in [-0.2, -0.15) is 0 Å². The molecule has 0 aliphatic heterocycles. The summed E-state index contributed by atoms with van der Waals surface area (Å²) in [6.45, 7) is 1.37. The zero-order valence-corrected chi connectivity index (χ0v) is 20.1. The quantitative estimate of drug-likeness (QED) is 0.144. The molecule has 1 heterocycles. The van der Waals surface area contributed by atoms with Gasteiger partial charge >= 0.3 is 0 Å². The van der Waals surface area contributed by atoms with Crippen molar-refractivity contribution >= 4 is 28.7 Å². The van der Waals surface area contributed by atoms with Crippen LogP contribution in [0.4, 0.5) is 11.5 Å². The van der Waals surface area contributed by atoms with Crippen molar-refractivity contribution in [1.82, 2.24) is 15.4 Å². The lowest BCUT2D eigenvalue weighted by molar-refractivity contribution is -0.107. The molecular formula is C26H32N4O5. The largest absolute Gasteiger partial charge is 0.490 e. The first-order chi connectivity index (χ1) is 17.2. The van der Waals surface area contributed by atoms with Gasteiger partial charge in [0, 0.05) is 43.3 Å². The number of rotatable bonds is 13. The fourth-order valence-corrected chi connectivity index (χ4v) is 3.14. The predicted octanol–water partition coefficient (Wildman–Crippen LogP) is 4.11. The topological polar surface area (TPSA) is 115 Å². The Balaban J connectivity index is 0.00000137. The first-order valence-electron chi connectivity index (χ1n) is 11.3. The third-order valence-electron chi connectivity index (χ3n) is 4.76. The van der Waals surface area contributed by atoms with Crippen LogP contribution >= 0.6 is 0 Å². The number of nitrogens with zero attached hydrogens (tertiary/aromatic N) is 2. The normalized spacial score (nSPS) is 10.1. The highest BCUT2D eigenvalue weighted by atomic mass is 16.5. The second-order valence-corrected chi connectivity index (χ2v) is 7.32. The number of carbonyl (C=O) groups is 1. The number of benzene rings is 2. The molecule has 2 aromatic carbocycles. The SMILES string of the molecule is C#Cc1cccc(Nc2ncnc3cc(OCCCCCC=O)c(OCCOC)cc23)c1.CNO. The highest BCUT2D eigenvalue weighted by molar-refractivity contribution is 5.93. The molecule has 0 radical (unpaired) electrons. The summed E-state index contributed by atoms with van der Waals surface area (Å²) in [4.78, 5) is 19.3. The van der Waals surface area contributed by atoms with Crippen molar-refractivity contribution < 1.29 is 24.2 Å². The Kier molecular flexibility index (Phi) is 12.6. The standard InChI is InChI=1S/C25H27N3O4.CH5NO/c1-3-19-9-8-10-20(15-19)28-25-21-16-23(32-14-13-30-2)24(17-22(21)26-18-27-25)31-12-7-5-4-6-11-29;1-2-3/h1,8-11,15-18H,4-7,12-14H2,2H3,(H,26,27,28);2-3H,1H3. The van der Waals surface area contributed by atoms with Crippen LogP contribution in [-0.2, 0) is 9.53 Å². The minimum absolute atomic E-state index is 0.387. The third kappa shape index (κ3) is 9.22. The molecule has 0 saturated heterocycles. The van der Waals surface area contributed by atoms with Crippen LogP contribution in [0.1, 0.15) is 31.2 Å². The molecule has 0 atom stereocenters. The molecule has 0 bridgehead atoms. The predicted molar refractivity (Wildman–Crippen MR) is 135 cm³/mol. The zero-order valence-electron chi connectivity index (χ0n) is 20.1. The van der Waals surface area contributed by atoms with E-state index in [1.54, 1.807) is 12.6 Å². The fourth-order valence-electron chi connectivity index (χ4n) is 3.14. The summed E-state index contributed by atoms with van der Waals surface area (Å²) in [5, 5.41) is 11.4. The first kappa shape index (κ1) is 27.5.